The van der Waals surface area contributed by atoms with Gasteiger partial charge in [0.2, 0.25) is 0 Å². The number of hydrogen-bond acceptors (Lipinski definition) is 2. The number of nitrogens with zero attached hydrogens (tertiary/aromatic N) is 1. The number of hydrogen-bond donors (Lipinski definition) is 0. The van der Waals surface area contributed by atoms with Crippen LogP contribution < -0.4 is 0 Å². The van der Waals surface area contributed by atoms with E-state index in [0.29, 0.717) is 23.4 Å². The van der Waals surface area contributed by atoms with Gasteiger partial charge in [-0.2, -0.15) is 0 Å². The molecule has 0 spiro atoms. The second-order valence-electron chi connectivity index (χ2n) is 5.21. The van der Waals surface area contributed by atoms with Crippen molar-refractivity contribution in [1.82, 2.24) is 0 Å². The van der Waals surface area contributed by atoms with Crippen LogP contribution in [0.3, 0.4) is 0 Å². The Morgan fingerprint density at radius 1 is 1.12 bits per heavy atom. The van der Waals surface area contributed by atoms with Crippen molar-refractivity contribution in [1.29, 1.82) is 0 Å². The van der Waals surface area contributed by atoms with Crippen LogP contribution in [0.4, 0.5) is 5.69 Å². The third-order valence-corrected chi connectivity index (χ3v) is 3.80. The highest BCUT2D eigenvalue weighted by molar-refractivity contribution is 5.55. The predicted octanol–water partition coefficient (Wildman–Crippen LogP) is 5.36. The normalized spacial score (nSPS) is 14.7. The van der Waals surface area contributed by atoms with Crippen LogP contribution in [0.2, 0.25) is 0 Å². The maximum absolute atomic E-state index is 11.1. The first-order valence-corrected chi connectivity index (χ1v) is 6.49. The molecule has 0 aliphatic carbocycles. The Hall–Kier alpha value is -1.18. The average molecular weight is 233 g/mol. The minimum absolute atomic E-state index is 0.340. The topological polar surface area (TPSA) is 29.4 Å². The van der Waals surface area contributed by atoms with Crippen molar-refractivity contribution in [2.24, 2.45) is 11.1 Å². The van der Waals surface area contributed by atoms with Crippen molar-refractivity contribution in [2.45, 2.75) is 52.9 Å². The molecule has 0 saturated heterocycles. The zero-order chi connectivity index (χ0) is 13.0. The molecule has 0 bridgehead atoms. The minimum atomic E-state index is 0.340. The summed E-state index contributed by atoms with van der Waals surface area (Å²) >= 11 is 0. The summed E-state index contributed by atoms with van der Waals surface area (Å²) in [5.41, 5.74) is 2.82. The van der Waals surface area contributed by atoms with Crippen LogP contribution in [0.15, 0.2) is 23.4 Å². The van der Waals surface area contributed by atoms with E-state index >= 15 is 0 Å². The van der Waals surface area contributed by atoms with Gasteiger partial charge in [-0.05, 0) is 34.1 Å². The van der Waals surface area contributed by atoms with E-state index in [9.17, 15) is 4.91 Å². The third-order valence-electron chi connectivity index (χ3n) is 3.80. The van der Waals surface area contributed by atoms with Gasteiger partial charge in [0.05, 0.1) is 0 Å². The maximum atomic E-state index is 11.1. The van der Waals surface area contributed by atoms with E-state index in [1.807, 2.05) is 18.2 Å². The molecular formula is C15H23NO. The predicted molar refractivity (Wildman–Crippen MR) is 73.9 cm³/mol. The van der Waals surface area contributed by atoms with Gasteiger partial charge in [0.1, 0.15) is 5.69 Å². The lowest BCUT2D eigenvalue weighted by atomic mass is 9.84. The summed E-state index contributed by atoms with van der Waals surface area (Å²) in [6.07, 6.45) is 1.12. The van der Waals surface area contributed by atoms with Gasteiger partial charge in [-0.25, -0.2) is 0 Å². The molecule has 94 valence electrons. The first-order valence-electron chi connectivity index (χ1n) is 6.49. The molecule has 0 fully saturated rings. The van der Waals surface area contributed by atoms with Crippen LogP contribution >= 0.6 is 0 Å². The molecule has 0 radical (unpaired) electrons. The molecule has 17 heavy (non-hydrogen) atoms. The summed E-state index contributed by atoms with van der Waals surface area (Å²) in [6, 6.07) is 6.09. The van der Waals surface area contributed by atoms with Crippen LogP contribution in [0.1, 0.15) is 64.0 Å². The molecule has 0 N–H and O–H groups in total. The van der Waals surface area contributed by atoms with Crippen molar-refractivity contribution in [3.8, 4) is 0 Å². The Morgan fingerprint density at radius 2 is 1.71 bits per heavy atom. The fraction of sp³-hybridized carbons (Fsp3) is 0.600. The van der Waals surface area contributed by atoms with Crippen molar-refractivity contribution >= 4 is 5.69 Å². The summed E-state index contributed by atoms with van der Waals surface area (Å²) in [7, 11) is 0. The van der Waals surface area contributed by atoms with Gasteiger partial charge < -0.3 is 0 Å². The Bertz CT molecular complexity index is 385. The molecule has 0 amide bonds. The van der Waals surface area contributed by atoms with E-state index in [4.69, 9.17) is 0 Å². The molecule has 1 rings (SSSR count). The van der Waals surface area contributed by atoms with Gasteiger partial charge in [0.25, 0.3) is 0 Å². The monoisotopic (exact) mass is 233 g/mol. The van der Waals surface area contributed by atoms with E-state index in [1.165, 1.54) is 0 Å². The third kappa shape index (κ3) is 2.93. The largest absolute Gasteiger partial charge is 0.145 e. The van der Waals surface area contributed by atoms with Crippen LogP contribution in [0, 0.1) is 10.8 Å². The SMILES string of the molecule is CCC(C)C(C)c1cccc(C(C)C)c1N=O. The summed E-state index contributed by atoms with van der Waals surface area (Å²) < 4.78 is 0. The Morgan fingerprint density at radius 3 is 2.18 bits per heavy atom. The highest BCUT2D eigenvalue weighted by atomic mass is 16.3. The van der Waals surface area contributed by atoms with Crippen LogP contribution in [-0.4, -0.2) is 0 Å². The standard InChI is InChI=1S/C15H23NO/c1-6-11(4)12(5)14-9-7-8-13(10(2)3)15(14)16-17/h7-12H,6H2,1-5H3. The first kappa shape index (κ1) is 13.9. The molecule has 2 heteroatoms. The second kappa shape index (κ2) is 5.95. The number of rotatable bonds is 5. The Kier molecular flexibility index (Phi) is 4.86. The quantitative estimate of drug-likeness (QED) is 0.630. The average Bonchev–Trinajstić information content (AvgIpc) is 2.35. The van der Waals surface area contributed by atoms with E-state index in [0.717, 1.165) is 17.5 Å². The van der Waals surface area contributed by atoms with Crippen molar-refractivity contribution in [3.63, 3.8) is 0 Å². The van der Waals surface area contributed by atoms with Crippen molar-refractivity contribution in [2.75, 3.05) is 0 Å². The summed E-state index contributed by atoms with van der Waals surface area (Å²) in [4.78, 5) is 11.1. The number of benzene rings is 1. The summed E-state index contributed by atoms with van der Waals surface area (Å²) in [5.74, 6) is 1.29. The lowest BCUT2D eigenvalue weighted by Gasteiger charge is -2.21. The van der Waals surface area contributed by atoms with Crippen LogP contribution in [-0.2, 0) is 0 Å². The molecule has 0 aliphatic rings. The molecule has 0 aliphatic heterocycles. The van der Waals surface area contributed by atoms with Crippen molar-refractivity contribution < 1.29 is 0 Å². The summed E-state index contributed by atoms with van der Waals surface area (Å²) in [6.45, 7) is 10.8. The van der Waals surface area contributed by atoms with E-state index in [1.54, 1.807) is 0 Å². The van der Waals surface area contributed by atoms with E-state index in [2.05, 4.69) is 39.8 Å². The van der Waals surface area contributed by atoms with E-state index < -0.39 is 0 Å². The maximum Gasteiger partial charge on any atom is 0.114 e. The Balaban J connectivity index is 3.24. The fourth-order valence-corrected chi connectivity index (χ4v) is 2.18. The lowest BCUT2D eigenvalue weighted by molar-refractivity contribution is 0.473. The van der Waals surface area contributed by atoms with Crippen LogP contribution in [0.5, 0.6) is 0 Å². The summed E-state index contributed by atoms with van der Waals surface area (Å²) in [5, 5.41) is 3.28. The Labute approximate surface area is 104 Å². The van der Waals surface area contributed by atoms with Gasteiger partial charge in [-0.15, -0.1) is 4.91 Å². The smallest absolute Gasteiger partial charge is 0.114 e. The lowest BCUT2D eigenvalue weighted by Crippen LogP contribution is -2.06. The number of nitroso groups, excluding NO2 is 1. The minimum Gasteiger partial charge on any atom is -0.145 e. The molecule has 0 heterocycles. The molecule has 1 aromatic rings. The highest BCUT2D eigenvalue weighted by Gasteiger charge is 2.19. The van der Waals surface area contributed by atoms with Crippen LogP contribution in [0.25, 0.3) is 0 Å². The fourth-order valence-electron chi connectivity index (χ4n) is 2.18. The van der Waals surface area contributed by atoms with Gasteiger partial charge in [-0.1, -0.05) is 59.2 Å². The molecule has 1 aromatic carbocycles. The second-order valence-corrected chi connectivity index (χ2v) is 5.21. The van der Waals surface area contributed by atoms with Gasteiger partial charge in [0, 0.05) is 0 Å². The molecule has 0 aromatic heterocycles. The highest BCUT2D eigenvalue weighted by Crippen LogP contribution is 2.37. The molecular weight excluding hydrogens is 210 g/mol. The zero-order valence-electron chi connectivity index (χ0n) is 11.5. The molecule has 2 unspecified atom stereocenters. The van der Waals surface area contributed by atoms with Gasteiger partial charge in [-0.3, -0.25) is 0 Å². The molecule has 2 atom stereocenters. The molecule has 2 nitrogen and oxygen atoms in total. The first-order chi connectivity index (χ1) is 8.02. The van der Waals surface area contributed by atoms with Crippen molar-refractivity contribution in [3.05, 3.63) is 34.2 Å². The molecule has 0 saturated carbocycles. The van der Waals surface area contributed by atoms with Gasteiger partial charge in [0.15, 0.2) is 0 Å². The van der Waals surface area contributed by atoms with Gasteiger partial charge >= 0.3 is 0 Å². The van der Waals surface area contributed by atoms with E-state index in [-0.39, 0.29) is 0 Å². The zero-order valence-corrected chi connectivity index (χ0v) is 11.5.